The zero-order valence-corrected chi connectivity index (χ0v) is 8.49. The smallest absolute Gasteiger partial charge is 0.329 e. The third-order valence-electron chi connectivity index (χ3n) is 3.20. The molecule has 1 unspecified atom stereocenters. The van der Waals surface area contributed by atoms with Crippen molar-refractivity contribution in [3.63, 3.8) is 0 Å². The molecule has 1 aliphatic heterocycles. The van der Waals surface area contributed by atoms with Crippen molar-refractivity contribution in [1.82, 2.24) is 5.32 Å². The minimum atomic E-state index is -1.01. The highest BCUT2D eigenvalue weighted by atomic mass is 16.5. The van der Waals surface area contributed by atoms with Gasteiger partial charge in [0.15, 0.2) is 0 Å². The zero-order valence-electron chi connectivity index (χ0n) is 8.49. The van der Waals surface area contributed by atoms with Crippen LogP contribution >= 0.6 is 0 Å². The molecule has 1 saturated heterocycles. The Bertz CT molecular complexity index is 279. The third kappa shape index (κ3) is 1.84. The first-order valence-corrected chi connectivity index (χ1v) is 5.31. The quantitative estimate of drug-likeness (QED) is 0.706. The Hall–Kier alpha value is -1.10. The van der Waals surface area contributed by atoms with Crippen LogP contribution in [0.25, 0.3) is 0 Å². The molecular weight excluding hydrogens is 198 g/mol. The van der Waals surface area contributed by atoms with Crippen molar-refractivity contribution in [2.75, 3.05) is 6.61 Å². The second kappa shape index (κ2) is 3.81. The van der Waals surface area contributed by atoms with Gasteiger partial charge in [-0.05, 0) is 32.1 Å². The van der Waals surface area contributed by atoms with Crippen molar-refractivity contribution in [1.29, 1.82) is 0 Å². The van der Waals surface area contributed by atoms with Crippen molar-refractivity contribution in [3.8, 4) is 0 Å². The molecule has 84 valence electrons. The molecule has 5 nitrogen and oxygen atoms in total. The van der Waals surface area contributed by atoms with Gasteiger partial charge in [-0.1, -0.05) is 0 Å². The molecule has 0 bridgehead atoms. The summed E-state index contributed by atoms with van der Waals surface area (Å²) in [7, 11) is 0. The Morgan fingerprint density at radius 2 is 2.07 bits per heavy atom. The molecule has 1 aliphatic carbocycles. The van der Waals surface area contributed by atoms with Crippen LogP contribution in [0.15, 0.2) is 0 Å². The lowest BCUT2D eigenvalue weighted by molar-refractivity contribution is -0.153. The Morgan fingerprint density at radius 1 is 1.33 bits per heavy atom. The summed E-state index contributed by atoms with van der Waals surface area (Å²) in [6, 6.07) is 0. The number of ether oxygens (including phenoxy) is 1. The normalized spacial score (nSPS) is 28.1. The van der Waals surface area contributed by atoms with E-state index in [1.165, 1.54) is 0 Å². The molecule has 0 aromatic rings. The Morgan fingerprint density at radius 3 is 2.47 bits per heavy atom. The minimum absolute atomic E-state index is 0.269. The third-order valence-corrected chi connectivity index (χ3v) is 3.20. The lowest BCUT2D eigenvalue weighted by Gasteiger charge is -2.38. The van der Waals surface area contributed by atoms with Gasteiger partial charge in [-0.3, -0.25) is 4.79 Å². The van der Waals surface area contributed by atoms with E-state index in [2.05, 4.69) is 5.32 Å². The fourth-order valence-electron chi connectivity index (χ4n) is 2.02. The lowest BCUT2D eigenvalue weighted by Crippen LogP contribution is -2.60. The molecule has 1 saturated carbocycles. The monoisotopic (exact) mass is 213 g/mol. The maximum absolute atomic E-state index is 11.7. The molecule has 15 heavy (non-hydrogen) atoms. The van der Waals surface area contributed by atoms with Gasteiger partial charge in [-0.15, -0.1) is 0 Å². The van der Waals surface area contributed by atoms with Crippen LogP contribution in [0, 0.1) is 0 Å². The van der Waals surface area contributed by atoms with E-state index in [0.29, 0.717) is 25.9 Å². The summed E-state index contributed by atoms with van der Waals surface area (Å²) < 4.78 is 5.20. The fourth-order valence-corrected chi connectivity index (χ4v) is 2.02. The number of aliphatic carboxylic acids is 1. The number of carboxylic acids is 1. The van der Waals surface area contributed by atoms with Crippen LogP contribution in [0.5, 0.6) is 0 Å². The SMILES string of the molecule is O=C(NC1(C(=O)O)CCC1)C1CCCO1. The Kier molecular flexibility index (Phi) is 2.65. The van der Waals surface area contributed by atoms with Crippen molar-refractivity contribution in [2.24, 2.45) is 0 Å². The molecular formula is C10H15NO4. The van der Waals surface area contributed by atoms with Gasteiger partial charge in [0.1, 0.15) is 11.6 Å². The van der Waals surface area contributed by atoms with Crippen LogP contribution in [0.1, 0.15) is 32.1 Å². The van der Waals surface area contributed by atoms with Crippen LogP contribution in [-0.2, 0) is 14.3 Å². The van der Waals surface area contributed by atoms with Crippen LogP contribution in [0.2, 0.25) is 0 Å². The van der Waals surface area contributed by atoms with Gasteiger partial charge in [-0.2, -0.15) is 0 Å². The summed E-state index contributed by atoms with van der Waals surface area (Å²) in [5.74, 6) is -1.20. The first-order chi connectivity index (χ1) is 7.14. The molecule has 1 amide bonds. The number of carboxylic acid groups (broad SMARTS) is 1. The highest BCUT2D eigenvalue weighted by Gasteiger charge is 2.46. The Labute approximate surface area is 87.8 Å². The second-order valence-electron chi connectivity index (χ2n) is 4.23. The molecule has 1 heterocycles. The first-order valence-electron chi connectivity index (χ1n) is 5.31. The van der Waals surface area contributed by atoms with Crippen molar-refractivity contribution >= 4 is 11.9 Å². The highest BCUT2D eigenvalue weighted by molar-refractivity contribution is 5.89. The van der Waals surface area contributed by atoms with Gasteiger partial charge in [0, 0.05) is 6.61 Å². The number of hydrogen-bond donors (Lipinski definition) is 2. The summed E-state index contributed by atoms with van der Waals surface area (Å²) in [6.07, 6.45) is 3.04. The number of carbonyl (C=O) groups is 2. The van der Waals surface area contributed by atoms with Crippen LogP contribution in [0.4, 0.5) is 0 Å². The van der Waals surface area contributed by atoms with Gasteiger partial charge in [-0.25, -0.2) is 4.79 Å². The molecule has 1 atom stereocenters. The highest BCUT2D eigenvalue weighted by Crippen LogP contribution is 2.32. The van der Waals surface area contributed by atoms with E-state index in [1.807, 2.05) is 0 Å². The minimum Gasteiger partial charge on any atom is -0.480 e. The van der Waals surface area contributed by atoms with E-state index >= 15 is 0 Å². The predicted octanol–water partition coefficient (Wildman–Crippen LogP) is 0.289. The molecule has 0 aromatic carbocycles. The maximum Gasteiger partial charge on any atom is 0.329 e. The topological polar surface area (TPSA) is 75.6 Å². The Balaban J connectivity index is 1.94. The maximum atomic E-state index is 11.7. The average Bonchev–Trinajstić information content (AvgIpc) is 2.62. The van der Waals surface area contributed by atoms with Crippen molar-refractivity contribution in [2.45, 2.75) is 43.7 Å². The molecule has 2 aliphatic rings. The van der Waals surface area contributed by atoms with Crippen molar-refractivity contribution in [3.05, 3.63) is 0 Å². The standard InChI is InChI=1S/C10H15NO4/c12-8(7-3-1-6-15-7)11-10(9(13)14)4-2-5-10/h7H,1-6H2,(H,11,12)(H,13,14). The molecule has 2 N–H and O–H groups in total. The number of carbonyl (C=O) groups excluding carboxylic acids is 1. The number of amides is 1. The van der Waals surface area contributed by atoms with Crippen molar-refractivity contribution < 1.29 is 19.4 Å². The van der Waals surface area contributed by atoms with E-state index in [-0.39, 0.29) is 5.91 Å². The van der Waals surface area contributed by atoms with Gasteiger partial charge in [0.2, 0.25) is 5.91 Å². The predicted molar refractivity (Wildman–Crippen MR) is 51.3 cm³/mol. The first kappa shape index (κ1) is 10.4. The molecule has 0 aromatic heterocycles. The average molecular weight is 213 g/mol. The summed E-state index contributed by atoms with van der Waals surface area (Å²) in [4.78, 5) is 22.7. The van der Waals surface area contributed by atoms with Crippen LogP contribution < -0.4 is 5.32 Å². The molecule has 5 heteroatoms. The summed E-state index contributed by atoms with van der Waals surface area (Å²) >= 11 is 0. The van der Waals surface area contributed by atoms with E-state index in [1.54, 1.807) is 0 Å². The van der Waals surface area contributed by atoms with Gasteiger partial charge >= 0.3 is 5.97 Å². The number of nitrogens with one attached hydrogen (secondary N) is 1. The van der Waals surface area contributed by atoms with E-state index < -0.39 is 17.6 Å². The van der Waals surface area contributed by atoms with E-state index in [4.69, 9.17) is 9.84 Å². The van der Waals surface area contributed by atoms with E-state index in [0.717, 1.165) is 12.8 Å². The van der Waals surface area contributed by atoms with Gasteiger partial charge in [0.25, 0.3) is 0 Å². The van der Waals surface area contributed by atoms with Gasteiger partial charge < -0.3 is 15.2 Å². The van der Waals surface area contributed by atoms with Gasteiger partial charge in [0.05, 0.1) is 0 Å². The van der Waals surface area contributed by atoms with E-state index in [9.17, 15) is 9.59 Å². The van der Waals surface area contributed by atoms with Crippen LogP contribution in [0.3, 0.4) is 0 Å². The largest absolute Gasteiger partial charge is 0.480 e. The molecule has 0 radical (unpaired) electrons. The summed E-state index contributed by atoms with van der Waals surface area (Å²) in [6.45, 7) is 0.595. The zero-order chi connectivity index (χ0) is 10.9. The second-order valence-corrected chi connectivity index (χ2v) is 4.23. The number of rotatable bonds is 3. The summed E-state index contributed by atoms with van der Waals surface area (Å²) in [5.41, 5.74) is -1.01. The lowest BCUT2D eigenvalue weighted by atomic mass is 9.76. The summed E-state index contributed by atoms with van der Waals surface area (Å²) in [5, 5.41) is 11.6. The molecule has 0 spiro atoms. The number of hydrogen-bond acceptors (Lipinski definition) is 3. The molecule has 2 rings (SSSR count). The fraction of sp³-hybridized carbons (Fsp3) is 0.800. The van der Waals surface area contributed by atoms with Crippen LogP contribution in [-0.4, -0.2) is 35.2 Å². The molecule has 2 fully saturated rings.